The molecule has 0 saturated heterocycles. The average Bonchev–Trinajstić information content (AvgIpc) is 3.41. The molecule has 0 amide bonds. The van der Waals surface area contributed by atoms with Crippen LogP contribution in [0, 0.1) is 6.92 Å². The predicted octanol–water partition coefficient (Wildman–Crippen LogP) is 4.63. The zero-order chi connectivity index (χ0) is 19.5. The summed E-state index contributed by atoms with van der Waals surface area (Å²) >= 11 is 8.16. The normalized spacial score (nSPS) is 17.9. The van der Waals surface area contributed by atoms with Crippen LogP contribution in [-0.4, -0.2) is 21.7 Å². The molecule has 1 N–H and O–H groups in total. The molecule has 29 heavy (non-hydrogen) atoms. The van der Waals surface area contributed by atoms with Crippen molar-refractivity contribution in [2.45, 2.75) is 32.4 Å². The SMILES string of the molecule is Cc1cc2ncnc(-c3cc(Cl)cc4c3OC(c3onc5c3CNCC5)C4)c2s1. The Hall–Kier alpha value is -2.48. The van der Waals surface area contributed by atoms with Gasteiger partial charge in [-0.15, -0.1) is 11.3 Å². The smallest absolute Gasteiger partial charge is 0.182 e. The molecule has 146 valence electrons. The van der Waals surface area contributed by atoms with Gasteiger partial charge in [0, 0.05) is 52.5 Å². The van der Waals surface area contributed by atoms with Crippen molar-refractivity contribution in [3.05, 3.63) is 57.0 Å². The number of nitrogens with one attached hydrogen (secondary N) is 1. The topological polar surface area (TPSA) is 73.1 Å². The number of aromatic nitrogens is 3. The van der Waals surface area contributed by atoms with E-state index in [1.54, 1.807) is 17.7 Å². The highest BCUT2D eigenvalue weighted by Gasteiger charge is 2.34. The summed E-state index contributed by atoms with van der Waals surface area (Å²) in [6.45, 7) is 3.76. The molecule has 0 radical (unpaired) electrons. The molecule has 0 aliphatic carbocycles. The Morgan fingerprint density at radius 2 is 2.17 bits per heavy atom. The molecular formula is C21H17ClN4O2S. The minimum Gasteiger partial charge on any atom is -0.481 e. The van der Waals surface area contributed by atoms with Crippen LogP contribution in [-0.2, 0) is 19.4 Å². The van der Waals surface area contributed by atoms with Crippen LogP contribution in [0.2, 0.25) is 5.02 Å². The summed E-state index contributed by atoms with van der Waals surface area (Å²) in [6.07, 6.45) is 2.97. The van der Waals surface area contributed by atoms with Crippen LogP contribution in [0.5, 0.6) is 5.75 Å². The third-order valence-corrected chi connectivity index (χ3v) is 6.78. The Morgan fingerprint density at radius 1 is 1.24 bits per heavy atom. The summed E-state index contributed by atoms with van der Waals surface area (Å²) < 4.78 is 13.2. The minimum atomic E-state index is -0.208. The van der Waals surface area contributed by atoms with E-state index in [-0.39, 0.29) is 6.10 Å². The van der Waals surface area contributed by atoms with Crippen LogP contribution < -0.4 is 10.1 Å². The summed E-state index contributed by atoms with van der Waals surface area (Å²) in [6, 6.07) is 5.98. The van der Waals surface area contributed by atoms with Crippen molar-refractivity contribution in [1.82, 2.24) is 20.4 Å². The number of hydrogen-bond donors (Lipinski definition) is 1. The second kappa shape index (κ2) is 6.52. The molecule has 0 saturated carbocycles. The second-order valence-electron chi connectivity index (χ2n) is 7.44. The highest BCUT2D eigenvalue weighted by atomic mass is 35.5. The van der Waals surface area contributed by atoms with E-state index >= 15 is 0 Å². The molecule has 0 fully saturated rings. The maximum Gasteiger partial charge on any atom is 0.182 e. The molecule has 2 aliphatic heterocycles. The Labute approximate surface area is 175 Å². The van der Waals surface area contributed by atoms with Gasteiger partial charge in [-0.3, -0.25) is 0 Å². The molecule has 0 bridgehead atoms. The lowest BCUT2D eigenvalue weighted by Gasteiger charge is -2.14. The lowest BCUT2D eigenvalue weighted by Crippen LogP contribution is -2.24. The van der Waals surface area contributed by atoms with Gasteiger partial charge in [0.25, 0.3) is 0 Å². The van der Waals surface area contributed by atoms with Crippen molar-refractivity contribution in [2.75, 3.05) is 6.54 Å². The van der Waals surface area contributed by atoms with Gasteiger partial charge in [-0.25, -0.2) is 9.97 Å². The summed E-state index contributed by atoms with van der Waals surface area (Å²) in [5.41, 5.74) is 5.91. The van der Waals surface area contributed by atoms with Gasteiger partial charge >= 0.3 is 0 Å². The highest BCUT2D eigenvalue weighted by molar-refractivity contribution is 7.19. The number of fused-ring (bicyclic) bond motifs is 3. The number of thiophene rings is 1. The van der Waals surface area contributed by atoms with E-state index in [1.807, 2.05) is 12.1 Å². The molecule has 0 spiro atoms. The fourth-order valence-electron chi connectivity index (χ4n) is 4.23. The number of aryl methyl sites for hydroxylation is 1. The molecule has 1 atom stereocenters. The van der Waals surface area contributed by atoms with Crippen LogP contribution in [0.3, 0.4) is 0 Å². The molecule has 2 aliphatic rings. The third-order valence-electron chi connectivity index (χ3n) is 5.52. The zero-order valence-corrected chi connectivity index (χ0v) is 17.2. The number of benzene rings is 1. The molecule has 6 nitrogen and oxygen atoms in total. The van der Waals surface area contributed by atoms with Gasteiger partial charge in [0.2, 0.25) is 0 Å². The standard InChI is InChI=1S/C21H17ClN4O2S/c1-10-4-16-21(29-10)18(25-9-24-16)13-7-12(22)5-11-6-17(27-19(11)13)20-14-8-23-3-2-15(14)26-28-20/h4-5,7,9,17,23H,2-3,6,8H2,1H3. The highest BCUT2D eigenvalue weighted by Crippen LogP contribution is 2.47. The van der Waals surface area contributed by atoms with E-state index in [0.29, 0.717) is 11.4 Å². The van der Waals surface area contributed by atoms with Crippen molar-refractivity contribution in [3.8, 4) is 17.0 Å². The Bertz CT molecular complexity index is 1270. The first-order valence-corrected chi connectivity index (χ1v) is 10.8. The van der Waals surface area contributed by atoms with Crippen molar-refractivity contribution < 1.29 is 9.26 Å². The van der Waals surface area contributed by atoms with Crippen molar-refractivity contribution >= 4 is 33.2 Å². The van der Waals surface area contributed by atoms with Crippen LogP contribution in [0.1, 0.15) is 33.6 Å². The Morgan fingerprint density at radius 3 is 3.10 bits per heavy atom. The van der Waals surface area contributed by atoms with Crippen LogP contribution in [0.15, 0.2) is 29.0 Å². The molecule has 5 heterocycles. The lowest BCUT2D eigenvalue weighted by molar-refractivity contribution is 0.189. The maximum absolute atomic E-state index is 6.48. The van der Waals surface area contributed by atoms with Gasteiger partial charge in [0.05, 0.1) is 21.6 Å². The average molecular weight is 425 g/mol. The van der Waals surface area contributed by atoms with E-state index in [1.165, 1.54) is 4.88 Å². The number of nitrogens with zero attached hydrogens (tertiary/aromatic N) is 3. The van der Waals surface area contributed by atoms with Crippen molar-refractivity contribution in [1.29, 1.82) is 0 Å². The fraction of sp³-hybridized carbons (Fsp3) is 0.286. The Kier molecular flexibility index (Phi) is 3.91. The number of hydrogen-bond acceptors (Lipinski definition) is 7. The molecular weight excluding hydrogens is 408 g/mol. The number of ether oxygens (including phenoxy) is 1. The quantitative estimate of drug-likeness (QED) is 0.505. The van der Waals surface area contributed by atoms with Crippen LogP contribution in [0.25, 0.3) is 21.5 Å². The first kappa shape index (κ1) is 17.4. The number of halogens is 1. The van der Waals surface area contributed by atoms with E-state index in [0.717, 1.165) is 69.3 Å². The Balaban J connectivity index is 1.46. The zero-order valence-electron chi connectivity index (χ0n) is 15.7. The van der Waals surface area contributed by atoms with Gasteiger partial charge in [-0.1, -0.05) is 16.8 Å². The first-order chi connectivity index (χ1) is 14.2. The van der Waals surface area contributed by atoms with E-state index in [9.17, 15) is 0 Å². The molecule has 1 aromatic carbocycles. The molecule has 6 rings (SSSR count). The fourth-order valence-corrected chi connectivity index (χ4v) is 5.44. The van der Waals surface area contributed by atoms with Gasteiger partial charge in [-0.05, 0) is 25.1 Å². The number of rotatable bonds is 2. The summed E-state index contributed by atoms with van der Waals surface area (Å²) in [5, 5.41) is 8.33. The van der Waals surface area contributed by atoms with Crippen molar-refractivity contribution in [3.63, 3.8) is 0 Å². The molecule has 8 heteroatoms. The van der Waals surface area contributed by atoms with E-state index in [4.69, 9.17) is 20.9 Å². The first-order valence-electron chi connectivity index (χ1n) is 9.56. The lowest BCUT2D eigenvalue weighted by atomic mass is 10.0. The van der Waals surface area contributed by atoms with Gasteiger partial charge < -0.3 is 14.6 Å². The van der Waals surface area contributed by atoms with Gasteiger partial charge in [0.1, 0.15) is 12.1 Å². The van der Waals surface area contributed by atoms with Crippen LogP contribution in [0.4, 0.5) is 0 Å². The molecule has 4 aromatic rings. The van der Waals surface area contributed by atoms with Crippen molar-refractivity contribution in [2.24, 2.45) is 0 Å². The minimum absolute atomic E-state index is 0.208. The third kappa shape index (κ3) is 2.76. The van der Waals surface area contributed by atoms with E-state index in [2.05, 4.69) is 33.4 Å². The van der Waals surface area contributed by atoms with Crippen LogP contribution >= 0.6 is 22.9 Å². The monoisotopic (exact) mass is 424 g/mol. The summed E-state index contributed by atoms with van der Waals surface area (Å²) in [4.78, 5) is 10.2. The van der Waals surface area contributed by atoms with Gasteiger partial charge in [0.15, 0.2) is 11.9 Å². The summed E-state index contributed by atoms with van der Waals surface area (Å²) in [5.74, 6) is 1.63. The van der Waals surface area contributed by atoms with Gasteiger partial charge in [-0.2, -0.15) is 0 Å². The molecule has 1 unspecified atom stereocenters. The summed E-state index contributed by atoms with van der Waals surface area (Å²) in [7, 11) is 0. The maximum atomic E-state index is 6.48. The van der Waals surface area contributed by atoms with E-state index < -0.39 is 0 Å². The largest absolute Gasteiger partial charge is 0.481 e. The second-order valence-corrected chi connectivity index (χ2v) is 9.14. The molecule has 3 aromatic heterocycles. The predicted molar refractivity (Wildman–Crippen MR) is 112 cm³/mol.